The van der Waals surface area contributed by atoms with E-state index < -0.39 is 0 Å². The number of amides is 1. The van der Waals surface area contributed by atoms with Gasteiger partial charge >= 0.3 is 0 Å². The number of hydrogen-bond donors (Lipinski definition) is 0. The number of nitriles is 1. The van der Waals surface area contributed by atoms with Gasteiger partial charge < -0.3 is 18.8 Å². The molecule has 0 aliphatic rings. The maximum atomic E-state index is 12.9. The van der Waals surface area contributed by atoms with Gasteiger partial charge in [0.1, 0.15) is 11.5 Å². The van der Waals surface area contributed by atoms with Crippen LogP contribution in [0.25, 0.3) is 0 Å². The van der Waals surface area contributed by atoms with Crippen LogP contribution in [0.15, 0.2) is 52.1 Å². The first-order valence-corrected chi connectivity index (χ1v) is 11.5. The minimum absolute atomic E-state index is 0.0954. The largest absolute Gasteiger partial charge is 0.494 e. The maximum Gasteiger partial charge on any atom is 0.277 e. The molecule has 0 atom stereocenters. The molecule has 3 rings (SSSR count). The lowest BCUT2D eigenvalue weighted by molar-refractivity contribution is -0.116. The standard InChI is InChI=1S/C24H26N4O4S/c1-4-30-20-10-8-19(9-11-20)28(13-5-12-25)23(29)16-33-24-27-26-22(32-24)15-31-21-14-17(2)6-7-18(21)3/h6-11,14H,4-5,13,15-16H2,1-3H3. The third-order valence-corrected chi connectivity index (χ3v) is 5.47. The van der Waals surface area contributed by atoms with E-state index in [0.717, 1.165) is 34.4 Å². The van der Waals surface area contributed by atoms with Crippen molar-refractivity contribution in [2.75, 3.05) is 23.8 Å². The molecule has 1 aromatic heterocycles. The average Bonchev–Trinajstić information content (AvgIpc) is 3.27. The predicted octanol–water partition coefficient (Wildman–Crippen LogP) is 4.70. The summed E-state index contributed by atoms with van der Waals surface area (Å²) in [6.07, 6.45) is 0.226. The minimum Gasteiger partial charge on any atom is -0.494 e. The number of carbonyl (C=O) groups excluding carboxylic acids is 1. The molecule has 1 amide bonds. The zero-order valence-corrected chi connectivity index (χ0v) is 19.7. The number of aromatic nitrogens is 2. The second-order valence-electron chi connectivity index (χ2n) is 7.19. The third-order valence-electron chi connectivity index (χ3n) is 4.67. The summed E-state index contributed by atoms with van der Waals surface area (Å²) in [5, 5.41) is 17.3. The Morgan fingerprint density at radius 3 is 2.67 bits per heavy atom. The molecular formula is C24H26N4O4S. The molecule has 33 heavy (non-hydrogen) atoms. The van der Waals surface area contributed by atoms with Gasteiger partial charge in [0.25, 0.3) is 11.1 Å². The number of anilines is 1. The predicted molar refractivity (Wildman–Crippen MR) is 125 cm³/mol. The molecule has 0 aliphatic heterocycles. The Labute approximate surface area is 197 Å². The van der Waals surface area contributed by atoms with Crippen LogP contribution in [0.2, 0.25) is 0 Å². The first kappa shape index (κ1) is 24.1. The van der Waals surface area contributed by atoms with Gasteiger partial charge in [-0.05, 0) is 62.2 Å². The molecule has 8 nitrogen and oxygen atoms in total. The molecule has 0 N–H and O–H groups in total. The molecule has 172 valence electrons. The van der Waals surface area contributed by atoms with E-state index in [1.165, 1.54) is 0 Å². The van der Waals surface area contributed by atoms with E-state index in [2.05, 4.69) is 16.3 Å². The van der Waals surface area contributed by atoms with E-state index >= 15 is 0 Å². The number of ether oxygens (including phenoxy) is 2. The molecule has 2 aromatic carbocycles. The maximum absolute atomic E-state index is 12.9. The van der Waals surface area contributed by atoms with E-state index in [1.54, 1.807) is 29.2 Å². The van der Waals surface area contributed by atoms with Crippen LogP contribution in [0.5, 0.6) is 11.5 Å². The Kier molecular flexibility index (Phi) is 8.72. The molecule has 0 spiro atoms. The van der Waals surface area contributed by atoms with Crippen molar-refractivity contribution in [3.05, 3.63) is 59.5 Å². The van der Waals surface area contributed by atoms with Crippen molar-refractivity contribution in [2.24, 2.45) is 0 Å². The van der Waals surface area contributed by atoms with Gasteiger partial charge in [-0.15, -0.1) is 10.2 Å². The SMILES string of the molecule is CCOc1ccc(N(CCC#N)C(=O)CSc2nnc(COc3cc(C)ccc3C)o2)cc1. The second-order valence-corrected chi connectivity index (χ2v) is 8.12. The first-order valence-electron chi connectivity index (χ1n) is 10.6. The zero-order valence-electron chi connectivity index (χ0n) is 18.9. The normalized spacial score (nSPS) is 10.5. The summed E-state index contributed by atoms with van der Waals surface area (Å²) in [7, 11) is 0. The Morgan fingerprint density at radius 1 is 1.15 bits per heavy atom. The highest BCUT2D eigenvalue weighted by Gasteiger charge is 2.18. The van der Waals surface area contributed by atoms with E-state index in [4.69, 9.17) is 19.2 Å². The number of nitrogens with zero attached hydrogens (tertiary/aromatic N) is 4. The van der Waals surface area contributed by atoms with Gasteiger partial charge in [0.05, 0.1) is 24.8 Å². The van der Waals surface area contributed by atoms with Gasteiger partial charge in [0.15, 0.2) is 6.61 Å². The van der Waals surface area contributed by atoms with Crippen LogP contribution in [0.1, 0.15) is 30.4 Å². The quantitative estimate of drug-likeness (QED) is 0.375. The fourth-order valence-corrected chi connectivity index (χ4v) is 3.66. The van der Waals surface area contributed by atoms with Gasteiger partial charge in [-0.25, -0.2) is 0 Å². The van der Waals surface area contributed by atoms with Gasteiger partial charge in [-0.3, -0.25) is 4.79 Å². The summed E-state index contributed by atoms with van der Waals surface area (Å²) < 4.78 is 16.9. The van der Waals surface area contributed by atoms with Crippen LogP contribution in [0, 0.1) is 25.2 Å². The molecular weight excluding hydrogens is 440 g/mol. The van der Waals surface area contributed by atoms with E-state index in [0.29, 0.717) is 24.7 Å². The molecule has 0 saturated carbocycles. The summed E-state index contributed by atoms with van der Waals surface area (Å²) in [5.41, 5.74) is 2.82. The van der Waals surface area contributed by atoms with Crippen molar-refractivity contribution in [1.29, 1.82) is 5.26 Å². The number of benzene rings is 2. The third kappa shape index (κ3) is 6.99. The van der Waals surface area contributed by atoms with Gasteiger partial charge in [0.2, 0.25) is 5.91 Å². The van der Waals surface area contributed by atoms with Crippen molar-refractivity contribution < 1.29 is 18.7 Å². The Hall–Kier alpha value is -3.51. The Balaban J connectivity index is 1.58. The number of rotatable bonds is 11. The van der Waals surface area contributed by atoms with Crippen LogP contribution in [-0.4, -0.2) is 35.0 Å². The molecule has 0 radical (unpaired) electrons. The zero-order chi connectivity index (χ0) is 23.6. The summed E-state index contributed by atoms with van der Waals surface area (Å²) in [6, 6.07) is 15.3. The molecule has 3 aromatic rings. The van der Waals surface area contributed by atoms with Crippen LogP contribution >= 0.6 is 11.8 Å². The van der Waals surface area contributed by atoms with E-state index in [9.17, 15) is 4.79 Å². The van der Waals surface area contributed by atoms with Gasteiger partial charge in [0, 0.05) is 12.2 Å². The Bertz CT molecular complexity index is 1110. The lowest BCUT2D eigenvalue weighted by atomic mass is 10.1. The van der Waals surface area contributed by atoms with E-state index in [1.807, 2.05) is 39.0 Å². The summed E-state index contributed by atoms with van der Waals surface area (Å²) >= 11 is 1.15. The Morgan fingerprint density at radius 2 is 1.94 bits per heavy atom. The molecule has 0 saturated heterocycles. The molecule has 0 fully saturated rings. The second kappa shape index (κ2) is 11.9. The molecule has 9 heteroatoms. The van der Waals surface area contributed by atoms with Crippen LogP contribution < -0.4 is 14.4 Å². The smallest absolute Gasteiger partial charge is 0.277 e. The lowest BCUT2D eigenvalue weighted by Crippen LogP contribution is -2.33. The fraction of sp³-hybridized carbons (Fsp3) is 0.333. The average molecular weight is 467 g/mol. The highest BCUT2D eigenvalue weighted by molar-refractivity contribution is 7.99. The minimum atomic E-state index is -0.161. The van der Waals surface area contributed by atoms with Crippen molar-refractivity contribution in [2.45, 2.75) is 39.0 Å². The molecule has 1 heterocycles. The van der Waals surface area contributed by atoms with Gasteiger partial charge in [-0.1, -0.05) is 23.9 Å². The fourth-order valence-electron chi connectivity index (χ4n) is 3.01. The van der Waals surface area contributed by atoms with Crippen molar-refractivity contribution in [3.63, 3.8) is 0 Å². The highest BCUT2D eigenvalue weighted by atomic mass is 32.2. The van der Waals surface area contributed by atoms with Crippen molar-refractivity contribution in [1.82, 2.24) is 10.2 Å². The lowest BCUT2D eigenvalue weighted by Gasteiger charge is -2.21. The molecule has 0 bridgehead atoms. The van der Waals surface area contributed by atoms with Crippen LogP contribution in [0.4, 0.5) is 5.69 Å². The molecule has 0 aliphatic carbocycles. The number of aryl methyl sites for hydroxylation is 2. The van der Waals surface area contributed by atoms with Gasteiger partial charge in [-0.2, -0.15) is 5.26 Å². The number of carbonyl (C=O) groups is 1. The topological polar surface area (TPSA) is 101 Å². The first-order chi connectivity index (χ1) is 16.0. The monoisotopic (exact) mass is 466 g/mol. The number of thioether (sulfide) groups is 1. The summed E-state index contributed by atoms with van der Waals surface area (Å²) in [6.45, 7) is 6.88. The summed E-state index contributed by atoms with van der Waals surface area (Å²) in [5.74, 6) is 1.76. The molecule has 0 unspecified atom stereocenters. The summed E-state index contributed by atoms with van der Waals surface area (Å²) in [4.78, 5) is 14.4. The van der Waals surface area contributed by atoms with Crippen molar-refractivity contribution in [3.8, 4) is 17.6 Å². The number of hydrogen-bond acceptors (Lipinski definition) is 8. The van der Waals surface area contributed by atoms with E-state index in [-0.39, 0.29) is 29.9 Å². The van der Waals surface area contributed by atoms with Crippen LogP contribution in [-0.2, 0) is 11.4 Å². The van der Waals surface area contributed by atoms with Crippen LogP contribution in [0.3, 0.4) is 0 Å². The van der Waals surface area contributed by atoms with Crippen molar-refractivity contribution >= 4 is 23.4 Å². The highest BCUT2D eigenvalue weighted by Crippen LogP contribution is 2.24.